The van der Waals surface area contributed by atoms with Gasteiger partial charge in [-0.2, -0.15) is 5.10 Å². The van der Waals surface area contributed by atoms with Crippen molar-refractivity contribution in [3.63, 3.8) is 0 Å². The molecule has 0 amide bonds. The highest BCUT2D eigenvalue weighted by atomic mass is 35.5. The van der Waals surface area contributed by atoms with E-state index in [1.165, 1.54) is 16.9 Å². The molecule has 1 aliphatic heterocycles. The Morgan fingerprint density at radius 2 is 2.16 bits per heavy atom. The quantitative estimate of drug-likeness (QED) is 0.422. The third-order valence-corrected chi connectivity index (χ3v) is 5.62. The Bertz CT molecular complexity index is 856. The highest BCUT2D eigenvalue weighted by Crippen LogP contribution is 2.13. The highest BCUT2D eigenvalue weighted by Gasteiger charge is 2.23. The standard InChI is InChI=1S/C16H20ClN5O2Si/c1-25(2,3)7-6-24-10-14-18-8-11(20-14)16(23)12-9-19-15-5-4-13(17)21-22(12)15/h4-5,8-9,14H,6-7,10H2,1-3H3. The molecule has 0 aromatic carbocycles. The lowest BCUT2D eigenvalue weighted by molar-refractivity contribution is 0.106. The maximum absolute atomic E-state index is 12.6. The Balaban J connectivity index is 1.65. The van der Waals surface area contributed by atoms with E-state index in [4.69, 9.17) is 16.3 Å². The zero-order valence-electron chi connectivity index (χ0n) is 14.4. The third kappa shape index (κ3) is 4.39. The molecule has 25 heavy (non-hydrogen) atoms. The van der Waals surface area contributed by atoms with Crippen LogP contribution in [0.4, 0.5) is 0 Å². The summed E-state index contributed by atoms with van der Waals surface area (Å²) in [5.74, 6) is -0.282. The monoisotopic (exact) mass is 377 g/mol. The van der Waals surface area contributed by atoms with Crippen molar-refractivity contribution in [2.45, 2.75) is 31.9 Å². The molecule has 0 saturated heterocycles. The van der Waals surface area contributed by atoms with Crippen molar-refractivity contribution in [3.05, 3.63) is 29.2 Å². The lowest BCUT2D eigenvalue weighted by Crippen LogP contribution is -2.23. The molecule has 7 nitrogen and oxygen atoms in total. The average molecular weight is 378 g/mol. The minimum absolute atomic E-state index is 0.280. The third-order valence-electron chi connectivity index (χ3n) is 3.72. The molecular formula is C16H20ClN5O2Si. The molecule has 0 saturated carbocycles. The van der Waals surface area contributed by atoms with Gasteiger partial charge in [0.1, 0.15) is 16.6 Å². The lowest BCUT2D eigenvalue weighted by atomic mass is 10.2. The Morgan fingerprint density at radius 3 is 2.92 bits per heavy atom. The number of imidazole rings is 1. The first kappa shape index (κ1) is 17.9. The molecule has 1 aliphatic rings. The molecular weight excluding hydrogens is 358 g/mol. The number of ketones is 1. The molecule has 0 spiro atoms. The van der Waals surface area contributed by atoms with Gasteiger partial charge in [-0.3, -0.25) is 14.8 Å². The largest absolute Gasteiger partial charge is 0.377 e. The van der Waals surface area contributed by atoms with Gasteiger partial charge in [0.25, 0.3) is 0 Å². The fraction of sp³-hybridized carbons (Fsp3) is 0.438. The van der Waals surface area contributed by atoms with Gasteiger partial charge in [-0.05, 0) is 18.2 Å². The summed E-state index contributed by atoms with van der Waals surface area (Å²) in [5, 5.41) is 4.40. The van der Waals surface area contributed by atoms with Crippen LogP contribution in [-0.2, 0) is 4.74 Å². The topological polar surface area (TPSA) is 81.2 Å². The number of Topliss-reactive ketones (excluding diaryl/α,β-unsaturated/α-hetero) is 1. The van der Waals surface area contributed by atoms with Crippen LogP contribution in [0.25, 0.3) is 5.65 Å². The summed E-state index contributed by atoms with van der Waals surface area (Å²) in [5.41, 5.74) is 1.14. The molecule has 2 aromatic rings. The van der Waals surface area contributed by atoms with Crippen molar-refractivity contribution in [2.75, 3.05) is 13.2 Å². The summed E-state index contributed by atoms with van der Waals surface area (Å²) < 4.78 is 7.07. The van der Waals surface area contributed by atoms with E-state index in [9.17, 15) is 4.79 Å². The first-order valence-electron chi connectivity index (χ1n) is 8.07. The van der Waals surface area contributed by atoms with Gasteiger partial charge in [0, 0.05) is 14.7 Å². The zero-order valence-corrected chi connectivity index (χ0v) is 16.2. The van der Waals surface area contributed by atoms with Crippen LogP contribution in [0.5, 0.6) is 0 Å². The fourth-order valence-electron chi connectivity index (χ4n) is 2.29. The van der Waals surface area contributed by atoms with Crippen LogP contribution in [0.2, 0.25) is 30.8 Å². The average Bonchev–Trinajstić information content (AvgIpc) is 3.16. The summed E-state index contributed by atoms with van der Waals surface area (Å²) in [6.07, 6.45) is 2.59. The van der Waals surface area contributed by atoms with Gasteiger partial charge >= 0.3 is 0 Å². The number of carbonyl (C=O) groups excluding carboxylic acids is 1. The van der Waals surface area contributed by atoms with Crippen LogP contribution in [-0.4, -0.2) is 59.8 Å². The Morgan fingerprint density at radius 1 is 1.36 bits per heavy atom. The molecule has 0 N–H and O–H groups in total. The molecule has 3 rings (SSSR count). The van der Waals surface area contributed by atoms with Crippen LogP contribution >= 0.6 is 11.6 Å². The molecule has 0 radical (unpaired) electrons. The fourth-order valence-corrected chi connectivity index (χ4v) is 3.18. The van der Waals surface area contributed by atoms with Crippen LogP contribution in [0, 0.1) is 0 Å². The lowest BCUT2D eigenvalue weighted by Gasteiger charge is -2.15. The van der Waals surface area contributed by atoms with Crippen molar-refractivity contribution in [3.8, 4) is 0 Å². The van der Waals surface area contributed by atoms with Gasteiger partial charge in [0.15, 0.2) is 11.8 Å². The number of fused-ring (bicyclic) bond motifs is 1. The van der Waals surface area contributed by atoms with Crippen molar-refractivity contribution >= 4 is 43.0 Å². The van der Waals surface area contributed by atoms with Crippen LogP contribution in [0.15, 0.2) is 28.3 Å². The molecule has 3 heterocycles. The SMILES string of the molecule is C[Si](C)(C)CCOCC1N=CC(C(=O)c2cnc3ccc(Cl)nn23)=N1. The van der Waals surface area contributed by atoms with Gasteiger partial charge in [-0.15, -0.1) is 0 Å². The first-order chi connectivity index (χ1) is 11.8. The number of halogens is 1. The number of ether oxygens (including phenoxy) is 1. The van der Waals surface area contributed by atoms with E-state index in [0.717, 1.165) is 6.04 Å². The second-order valence-corrected chi connectivity index (χ2v) is 13.1. The normalized spacial score (nSPS) is 17.3. The summed E-state index contributed by atoms with van der Waals surface area (Å²) >= 11 is 5.90. The highest BCUT2D eigenvalue weighted by molar-refractivity contribution is 6.76. The van der Waals surface area contributed by atoms with Gasteiger partial charge in [0.05, 0.1) is 19.0 Å². The molecule has 1 unspecified atom stereocenters. The maximum Gasteiger partial charge on any atom is 0.232 e. The number of rotatable bonds is 7. The van der Waals surface area contributed by atoms with Gasteiger partial charge < -0.3 is 4.74 Å². The number of nitrogens with zero attached hydrogens (tertiary/aromatic N) is 5. The van der Waals surface area contributed by atoms with E-state index in [-0.39, 0.29) is 22.8 Å². The van der Waals surface area contributed by atoms with E-state index < -0.39 is 8.07 Å². The maximum atomic E-state index is 12.6. The Labute approximate surface area is 151 Å². The Hall–Kier alpha value is -1.90. The van der Waals surface area contributed by atoms with Gasteiger partial charge in [0.2, 0.25) is 5.78 Å². The number of hydrogen-bond donors (Lipinski definition) is 0. The van der Waals surface area contributed by atoms with Crippen LogP contribution in [0.1, 0.15) is 10.5 Å². The minimum atomic E-state index is -1.11. The second-order valence-electron chi connectivity index (χ2n) is 7.06. The smallest absolute Gasteiger partial charge is 0.232 e. The number of aromatic nitrogens is 3. The number of carbonyl (C=O) groups is 1. The van der Waals surface area contributed by atoms with Crippen molar-refractivity contribution < 1.29 is 9.53 Å². The molecule has 0 fully saturated rings. The summed E-state index contributed by atoms with van der Waals surface area (Å²) in [7, 11) is -1.11. The van der Waals surface area contributed by atoms with Crippen LogP contribution < -0.4 is 0 Å². The van der Waals surface area contributed by atoms with E-state index >= 15 is 0 Å². The van der Waals surface area contributed by atoms with E-state index in [1.807, 2.05) is 0 Å². The van der Waals surface area contributed by atoms with Crippen molar-refractivity contribution in [1.82, 2.24) is 14.6 Å². The van der Waals surface area contributed by atoms with Crippen molar-refractivity contribution in [2.24, 2.45) is 9.98 Å². The molecule has 132 valence electrons. The second kappa shape index (κ2) is 7.15. The predicted molar refractivity (Wildman–Crippen MR) is 101 cm³/mol. The molecule has 1 atom stereocenters. The minimum Gasteiger partial charge on any atom is -0.377 e. The van der Waals surface area contributed by atoms with E-state index in [1.54, 1.807) is 12.1 Å². The van der Waals surface area contributed by atoms with Gasteiger partial charge in [-0.25, -0.2) is 9.50 Å². The predicted octanol–water partition coefficient (Wildman–Crippen LogP) is 2.77. The van der Waals surface area contributed by atoms with Gasteiger partial charge in [-0.1, -0.05) is 31.2 Å². The number of aliphatic imine (C=N–C) groups is 2. The molecule has 2 aromatic heterocycles. The zero-order chi connectivity index (χ0) is 18.0. The molecule has 0 bridgehead atoms. The summed E-state index contributed by atoms with van der Waals surface area (Å²) in [6.45, 7) is 7.99. The van der Waals surface area contributed by atoms with E-state index in [0.29, 0.717) is 24.6 Å². The molecule has 0 aliphatic carbocycles. The van der Waals surface area contributed by atoms with Crippen molar-refractivity contribution in [1.29, 1.82) is 0 Å². The number of hydrogen-bond acceptors (Lipinski definition) is 6. The molecule has 9 heteroatoms. The Kier molecular flexibility index (Phi) is 5.12. The summed E-state index contributed by atoms with van der Waals surface area (Å²) in [4.78, 5) is 25.4. The summed E-state index contributed by atoms with van der Waals surface area (Å²) in [6, 6.07) is 4.42. The van der Waals surface area contributed by atoms with E-state index in [2.05, 4.69) is 39.7 Å². The van der Waals surface area contributed by atoms with Crippen LogP contribution in [0.3, 0.4) is 0 Å². The first-order valence-corrected chi connectivity index (χ1v) is 12.2.